The number of hydrogen-bond acceptors (Lipinski definition) is 4. The van der Waals surface area contributed by atoms with Gasteiger partial charge >= 0.3 is 5.97 Å². The first-order chi connectivity index (χ1) is 12.6. The Bertz CT molecular complexity index is 809. The van der Waals surface area contributed by atoms with E-state index in [-0.39, 0.29) is 5.56 Å². The number of carbonyl (C=O) groups is 1. The molecule has 0 bridgehead atoms. The van der Waals surface area contributed by atoms with Crippen LogP contribution in [0.2, 0.25) is 0 Å². The summed E-state index contributed by atoms with van der Waals surface area (Å²) in [5, 5.41) is 0. The highest BCUT2D eigenvalue weighted by atomic mass is 19.1. The number of aromatic nitrogens is 1. The maximum Gasteiger partial charge on any atom is 0.337 e. The zero-order valence-electron chi connectivity index (χ0n) is 14.9. The maximum absolute atomic E-state index is 13.2. The molecule has 1 fully saturated rings. The van der Waals surface area contributed by atoms with Gasteiger partial charge in [0.05, 0.1) is 12.7 Å². The first kappa shape index (κ1) is 18.3. The number of piperidine rings is 1. The van der Waals surface area contributed by atoms with Crippen molar-refractivity contribution in [1.29, 1.82) is 0 Å². The lowest BCUT2D eigenvalue weighted by Crippen LogP contribution is -2.37. The molecule has 0 unspecified atom stereocenters. The first-order valence-electron chi connectivity index (χ1n) is 8.83. The fourth-order valence-electron chi connectivity index (χ4n) is 3.21. The molecule has 2 heterocycles. The van der Waals surface area contributed by atoms with Gasteiger partial charge in [-0.15, -0.1) is 0 Å². The van der Waals surface area contributed by atoms with Crippen LogP contribution in [0.15, 0.2) is 47.4 Å². The second kappa shape index (κ2) is 8.27. The molecular formula is C20H23FN2O3. The number of methoxy groups -OCH3 is 1. The number of ether oxygens (including phenoxy) is 1. The molecule has 6 heteroatoms. The molecule has 0 N–H and O–H groups in total. The smallest absolute Gasteiger partial charge is 0.337 e. The Morgan fingerprint density at radius 2 is 1.85 bits per heavy atom. The highest BCUT2D eigenvalue weighted by Gasteiger charge is 2.18. The number of alkyl halides is 1. The van der Waals surface area contributed by atoms with E-state index in [2.05, 4.69) is 9.64 Å². The monoisotopic (exact) mass is 358 g/mol. The summed E-state index contributed by atoms with van der Waals surface area (Å²) in [6, 6.07) is 10.4. The van der Waals surface area contributed by atoms with Crippen LogP contribution in [0.4, 0.5) is 4.39 Å². The van der Waals surface area contributed by atoms with Crippen LogP contribution in [0, 0.1) is 0 Å². The van der Waals surface area contributed by atoms with Crippen LogP contribution in [0.25, 0.3) is 11.1 Å². The number of carbonyl (C=O) groups excluding carboxylic acids is 1. The van der Waals surface area contributed by atoms with Gasteiger partial charge in [0.25, 0.3) is 5.56 Å². The van der Waals surface area contributed by atoms with Gasteiger partial charge in [0.1, 0.15) is 6.17 Å². The Balaban J connectivity index is 1.72. The molecule has 1 saturated heterocycles. The largest absolute Gasteiger partial charge is 0.465 e. The number of pyridine rings is 1. The molecule has 0 amide bonds. The Kier molecular flexibility index (Phi) is 5.83. The van der Waals surface area contributed by atoms with Gasteiger partial charge in [-0.3, -0.25) is 4.79 Å². The summed E-state index contributed by atoms with van der Waals surface area (Å²) in [5.74, 6) is -0.404. The Morgan fingerprint density at radius 3 is 2.50 bits per heavy atom. The molecule has 0 saturated carbocycles. The summed E-state index contributed by atoms with van der Waals surface area (Å²) in [7, 11) is 1.34. The van der Waals surface area contributed by atoms with Crippen LogP contribution in [-0.4, -0.2) is 48.4 Å². The second-order valence-electron chi connectivity index (χ2n) is 6.51. The summed E-state index contributed by atoms with van der Waals surface area (Å²) in [6.07, 6.45) is 2.23. The van der Waals surface area contributed by atoms with Crippen molar-refractivity contribution in [2.24, 2.45) is 0 Å². The van der Waals surface area contributed by atoms with Crippen LogP contribution < -0.4 is 5.56 Å². The highest BCUT2D eigenvalue weighted by Crippen LogP contribution is 2.17. The van der Waals surface area contributed by atoms with Gasteiger partial charge in [-0.2, -0.15) is 0 Å². The number of hydrogen-bond donors (Lipinski definition) is 0. The maximum atomic E-state index is 13.2. The fourth-order valence-corrected chi connectivity index (χ4v) is 3.21. The molecule has 1 aromatic carbocycles. The standard InChI is InChI=1S/C20H23FN2O3/c1-26-20(25)16-6-4-15(5-7-16)18-3-2-10-23(19(18)24)14-13-22-11-8-17(21)9-12-22/h2-7,10,17H,8-9,11-14H2,1H3. The van der Waals surface area contributed by atoms with E-state index in [0.29, 0.717) is 30.5 Å². The minimum absolute atomic E-state index is 0.0707. The van der Waals surface area contributed by atoms with E-state index in [4.69, 9.17) is 0 Å². The van der Waals surface area contributed by atoms with Gasteiger partial charge in [0.15, 0.2) is 0 Å². The number of benzene rings is 1. The van der Waals surface area contributed by atoms with E-state index in [1.54, 1.807) is 41.1 Å². The third kappa shape index (κ3) is 4.19. The van der Waals surface area contributed by atoms with E-state index in [0.717, 1.165) is 25.2 Å². The van der Waals surface area contributed by atoms with Gasteiger partial charge < -0.3 is 14.2 Å². The third-order valence-electron chi connectivity index (χ3n) is 4.81. The van der Waals surface area contributed by atoms with Gasteiger partial charge in [0.2, 0.25) is 0 Å². The molecule has 138 valence electrons. The normalized spacial score (nSPS) is 15.8. The van der Waals surface area contributed by atoms with Crippen molar-refractivity contribution in [3.05, 3.63) is 58.5 Å². The Hall–Kier alpha value is -2.47. The molecular weight excluding hydrogens is 335 g/mol. The van der Waals surface area contributed by atoms with Crippen molar-refractivity contribution in [2.45, 2.75) is 25.6 Å². The molecule has 2 aromatic rings. The van der Waals surface area contributed by atoms with E-state index in [1.165, 1.54) is 7.11 Å². The van der Waals surface area contributed by atoms with Crippen molar-refractivity contribution < 1.29 is 13.9 Å². The van der Waals surface area contributed by atoms with Gasteiger partial charge in [-0.1, -0.05) is 12.1 Å². The summed E-state index contributed by atoms with van der Waals surface area (Å²) in [5.41, 5.74) is 1.73. The Labute approximate surface area is 152 Å². The van der Waals surface area contributed by atoms with Crippen LogP contribution in [-0.2, 0) is 11.3 Å². The van der Waals surface area contributed by atoms with Crippen molar-refractivity contribution in [3.63, 3.8) is 0 Å². The SMILES string of the molecule is COC(=O)c1ccc(-c2cccn(CCN3CCC(F)CC3)c2=O)cc1. The predicted molar refractivity (Wildman–Crippen MR) is 98.0 cm³/mol. The van der Waals surface area contributed by atoms with Gasteiger partial charge in [0, 0.05) is 37.9 Å². The molecule has 26 heavy (non-hydrogen) atoms. The van der Waals surface area contributed by atoms with Crippen molar-refractivity contribution in [1.82, 2.24) is 9.47 Å². The lowest BCUT2D eigenvalue weighted by molar-refractivity contribution is 0.0600. The second-order valence-corrected chi connectivity index (χ2v) is 6.51. The zero-order chi connectivity index (χ0) is 18.5. The van der Waals surface area contributed by atoms with Crippen molar-refractivity contribution in [2.75, 3.05) is 26.7 Å². The number of nitrogens with zero attached hydrogens (tertiary/aromatic N) is 2. The van der Waals surface area contributed by atoms with E-state index < -0.39 is 12.1 Å². The molecule has 3 rings (SSSR count). The van der Waals surface area contributed by atoms with Crippen molar-refractivity contribution in [3.8, 4) is 11.1 Å². The van der Waals surface area contributed by atoms with Crippen LogP contribution in [0.3, 0.4) is 0 Å². The average Bonchev–Trinajstić information content (AvgIpc) is 2.68. The molecule has 1 aliphatic heterocycles. The van der Waals surface area contributed by atoms with Gasteiger partial charge in [-0.05, 0) is 42.7 Å². The minimum atomic E-state index is -0.690. The first-order valence-corrected chi connectivity index (χ1v) is 8.83. The van der Waals surface area contributed by atoms with E-state index in [1.807, 2.05) is 6.07 Å². The summed E-state index contributed by atoms with van der Waals surface area (Å²) < 4.78 is 19.6. The lowest BCUT2D eigenvalue weighted by atomic mass is 10.1. The number of rotatable bonds is 5. The molecule has 0 atom stereocenters. The quantitative estimate of drug-likeness (QED) is 0.771. The topological polar surface area (TPSA) is 51.5 Å². The minimum Gasteiger partial charge on any atom is -0.465 e. The lowest BCUT2D eigenvalue weighted by Gasteiger charge is -2.28. The molecule has 1 aromatic heterocycles. The predicted octanol–water partition coefficient (Wildman–Crippen LogP) is 2.74. The third-order valence-corrected chi connectivity index (χ3v) is 4.81. The average molecular weight is 358 g/mol. The fraction of sp³-hybridized carbons (Fsp3) is 0.400. The van der Waals surface area contributed by atoms with E-state index >= 15 is 0 Å². The molecule has 0 spiro atoms. The molecule has 5 nitrogen and oxygen atoms in total. The number of likely N-dealkylation sites (tertiary alicyclic amines) is 1. The van der Waals surface area contributed by atoms with Crippen LogP contribution in [0.5, 0.6) is 0 Å². The molecule has 1 aliphatic rings. The van der Waals surface area contributed by atoms with Crippen molar-refractivity contribution >= 4 is 5.97 Å². The van der Waals surface area contributed by atoms with Gasteiger partial charge in [-0.25, -0.2) is 9.18 Å². The zero-order valence-corrected chi connectivity index (χ0v) is 14.9. The number of esters is 1. The molecule has 0 radical (unpaired) electrons. The van der Waals surface area contributed by atoms with Crippen LogP contribution >= 0.6 is 0 Å². The van der Waals surface area contributed by atoms with Crippen LogP contribution in [0.1, 0.15) is 23.2 Å². The van der Waals surface area contributed by atoms with E-state index in [9.17, 15) is 14.0 Å². The summed E-state index contributed by atoms with van der Waals surface area (Å²) in [6.45, 7) is 2.79. The molecule has 0 aliphatic carbocycles. The summed E-state index contributed by atoms with van der Waals surface area (Å²) >= 11 is 0. The Morgan fingerprint density at radius 1 is 1.15 bits per heavy atom. The number of halogens is 1. The summed E-state index contributed by atoms with van der Waals surface area (Å²) in [4.78, 5) is 26.5. The highest BCUT2D eigenvalue weighted by molar-refractivity contribution is 5.89.